The standard InChI is InChI=1S/C7H13N3O2/c1-6(11)2-3-8-4-7-9-5-12-10-7/h5-6,8,11H,2-4H2,1H3. The molecule has 0 saturated heterocycles. The van der Waals surface area contributed by atoms with Gasteiger partial charge in [-0.05, 0) is 19.9 Å². The number of hydrogen-bond acceptors (Lipinski definition) is 5. The van der Waals surface area contributed by atoms with Crippen molar-refractivity contribution in [1.29, 1.82) is 0 Å². The van der Waals surface area contributed by atoms with Gasteiger partial charge in [0, 0.05) is 0 Å². The zero-order valence-electron chi connectivity index (χ0n) is 7.03. The Morgan fingerprint density at radius 3 is 3.17 bits per heavy atom. The smallest absolute Gasteiger partial charge is 0.213 e. The monoisotopic (exact) mass is 171 g/mol. The number of nitrogens with one attached hydrogen (secondary N) is 1. The summed E-state index contributed by atoms with van der Waals surface area (Å²) >= 11 is 0. The number of hydrogen-bond donors (Lipinski definition) is 2. The molecule has 0 amide bonds. The first kappa shape index (κ1) is 9.15. The molecular weight excluding hydrogens is 158 g/mol. The highest BCUT2D eigenvalue weighted by atomic mass is 16.5. The van der Waals surface area contributed by atoms with Crippen LogP contribution in [0.1, 0.15) is 19.2 Å². The van der Waals surface area contributed by atoms with Crippen molar-refractivity contribution in [1.82, 2.24) is 15.5 Å². The summed E-state index contributed by atoms with van der Waals surface area (Å²) in [4.78, 5) is 3.83. The zero-order valence-corrected chi connectivity index (χ0v) is 7.03. The Morgan fingerprint density at radius 2 is 2.58 bits per heavy atom. The fourth-order valence-corrected chi connectivity index (χ4v) is 0.781. The quantitative estimate of drug-likeness (QED) is 0.607. The summed E-state index contributed by atoms with van der Waals surface area (Å²) in [7, 11) is 0. The molecule has 1 rings (SSSR count). The summed E-state index contributed by atoms with van der Waals surface area (Å²) in [6.45, 7) is 3.10. The van der Waals surface area contributed by atoms with Gasteiger partial charge in [-0.15, -0.1) is 0 Å². The van der Waals surface area contributed by atoms with Crippen molar-refractivity contribution in [3.63, 3.8) is 0 Å². The Hall–Kier alpha value is -0.940. The Bertz CT molecular complexity index is 198. The normalized spacial score (nSPS) is 13.2. The lowest BCUT2D eigenvalue weighted by Gasteiger charge is -2.03. The third kappa shape index (κ3) is 3.45. The van der Waals surface area contributed by atoms with E-state index in [4.69, 9.17) is 5.11 Å². The fourth-order valence-electron chi connectivity index (χ4n) is 0.781. The van der Waals surface area contributed by atoms with E-state index in [1.807, 2.05) is 0 Å². The van der Waals surface area contributed by atoms with Gasteiger partial charge in [0.05, 0.1) is 12.6 Å². The summed E-state index contributed by atoms with van der Waals surface area (Å²) < 4.78 is 4.54. The highest BCUT2D eigenvalue weighted by Crippen LogP contribution is 1.89. The molecule has 0 spiro atoms. The van der Waals surface area contributed by atoms with E-state index in [2.05, 4.69) is 20.0 Å². The maximum Gasteiger partial charge on any atom is 0.213 e. The molecule has 1 aromatic rings. The van der Waals surface area contributed by atoms with Crippen LogP contribution in [-0.4, -0.2) is 27.9 Å². The van der Waals surface area contributed by atoms with Crippen LogP contribution in [0.2, 0.25) is 0 Å². The molecule has 0 aliphatic rings. The second-order valence-electron chi connectivity index (χ2n) is 2.66. The molecule has 0 radical (unpaired) electrons. The number of aliphatic hydroxyl groups is 1. The lowest BCUT2D eigenvalue weighted by atomic mass is 10.3. The van der Waals surface area contributed by atoms with Crippen LogP contribution in [0.25, 0.3) is 0 Å². The van der Waals surface area contributed by atoms with Gasteiger partial charge in [0.2, 0.25) is 6.39 Å². The fraction of sp³-hybridized carbons (Fsp3) is 0.714. The topological polar surface area (TPSA) is 71.2 Å². The zero-order chi connectivity index (χ0) is 8.81. The molecule has 0 saturated carbocycles. The van der Waals surface area contributed by atoms with Crippen LogP contribution in [0.15, 0.2) is 10.9 Å². The number of aliphatic hydroxyl groups excluding tert-OH is 1. The van der Waals surface area contributed by atoms with Crippen molar-refractivity contribution in [3.05, 3.63) is 12.2 Å². The first-order valence-electron chi connectivity index (χ1n) is 3.93. The summed E-state index contributed by atoms with van der Waals surface area (Å²) in [5.41, 5.74) is 0. The Balaban J connectivity index is 2.04. The minimum absolute atomic E-state index is 0.261. The van der Waals surface area contributed by atoms with Crippen LogP contribution < -0.4 is 5.32 Å². The molecule has 1 atom stereocenters. The predicted octanol–water partition coefficient (Wildman–Crippen LogP) is -0.0699. The molecule has 2 N–H and O–H groups in total. The summed E-state index contributed by atoms with van der Waals surface area (Å²) in [6.07, 6.45) is 1.77. The Labute approximate surface area is 70.8 Å². The number of rotatable bonds is 5. The first-order valence-corrected chi connectivity index (χ1v) is 3.93. The maximum atomic E-state index is 8.92. The van der Waals surface area contributed by atoms with Crippen LogP contribution in [0.3, 0.4) is 0 Å². The average molecular weight is 171 g/mol. The SMILES string of the molecule is CC(O)CCNCc1ncon1. The Morgan fingerprint density at radius 1 is 1.75 bits per heavy atom. The molecule has 5 heteroatoms. The third-order valence-electron chi connectivity index (χ3n) is 1.43. The lowest BCUT2D eigenvalue weighted by molar-refractivity contribution is 0.183. The molecule has 68 valence electrons. The summed E-state index contributed by atoms with van der Waals surface area (Å²) in [5, 5.41) is 15.6. The molecule has 0 aliphatic heterocycles. The maximum absolute atomic E-state index is 8.92. The second kappa shape index (κ2) is 4.84. The minimum Gasteiger partial charge on any atom is -0.393 e. The van der Waals surface area contributed by atoms with Crippen LogP contribution in [0.4, 0.5) is 0 Å². The minimum atomic E-state index is -0.261. The van der Waals surface area contributed by atoms with Gasteiger partial charge in [0.15, 0.2) is 5.82 Å². The van der Waals surface area contributed by atoms with E-state index >= 15 is 0 Å². The first-order chi connectivity index (χ1) is 5.79. The van der Waals surface area contributed by atoms with Crippen LogP contribution >= 0.6 is 0 Å². The van der Waals surface area contributed by atoms with Gasteiger partial charge >= 0.3 is 0 Å². The van der Waals surface area contributed by atoms with Gasteiger partial charge < -0.3 is 14.9 Å². The van der Waals surface area contributed by atoms with E-state index in [1.165, 1.54) is 6.39 Å². The van der Waals surface area contributed by atoms with E-state index in [0.717, 1.165) is 13.0 Å². The van der Waals surface area contributed by atoms with Gasteiger partial charge in [-0.2, -0.15) is 4.98 Å². The third-order valence-corrected chi connectivity index (χ3v) is 1.43. The van der Waals surface area contributed by atoms with Crippen molar-refractivity contribution in [2.45, 2.75) is 26.0 Å². The highest BCUT2D eigenvalue weighted by Gasteiger charge is 1.98. The highest BCUT2D eigenvalue weighted by molar-refractivity contribution is 4.75. The van der Waals surface area contributed by atoms with E-state index in [0.29, 0.717) is 12.4 Å². The van der Waals surface area contributed by atoms with Gasteiger partial charge in [0.25, 0.3) is 0 Å². The summed E-state index contributed by atoms with van der Waals surface area (Å²) in [5.74, 6) is 0.639. The van der Waals surface area contributed by atoms with Gasteiger partial charge in [-0.25, -0.2) is 0 Å². The van der Waals surface area contributed by atoms with Crippen molar-refractivity contribution in [3.8, 4) is 0 Å². The molecule has 12 heavy (non-hydrogen) atoms. The lowest BCUT2D eigenvalue weighted by Crippen LogP contribution is -2.19. The molecule has 0 fully saturated rings. The van der Waals surface area contributed by atoms with Crippen molar-refractivity contribution in [2.75, 3.05) is 6.54 Å². The predicted molar refractivity (Wildman–Crippen MR) is 42.3 cm³/mol. The van der Waals surface area contributed by atoms with E-state index in [-0.39, 0.29) is 6.10 Å². The van der Waals surface area contributed by atoms with Crippen LogP contribution in [0, 0.1) is 0 Å². The van der Waals surface area contributed by atoms with Gasteiger partial charge in [-0.1, -0.05) is 5.16 Å². The van der Waals surface area contributed by atoms with Crippen molar-refractivity contribution < 1.29 is 9.63 Å². The molecule has 5 nitrogen and oxygen atoms in total. The van der Waals surface area contributed by atoms with Crippen molar-refractivity contribution in [2.24, 2.45) is 0 Å². The van der Waals surface area contributed by atoms with Crippen molar-refractivity contribution >= 4 is 0 Å². The molecule has 0 aliphatic carbocycles. The second-order valence-corrected chi connectivity index (χ2v) is 2.66. The van der Waals surface area contributed by atoms with E-state index < -0.39 is 0 Å². The number of aromatic nitrogens is 2. The van der Waals surface area contributed by atoms with Crippen LogP contribution in [0.5, 0.6) is 0 Å². The largest absolute Gasteiger partial charge is 0.393 e. The molecule has 1 unspecified atom stereocenters. The molecule has 0 bridgehead atoms. The Kier molecular flexibility index (Phi) is 3.69. The van der Waals surface area contributed by atoms with E-state index in [1.54, 1.807) is 6.92 Å². The molecule has 1 aromatic heterocycles. The van der Waals surface area contributed by atoms with Crippen LogP contribution in [-0.2, 0) is 6.54 Å². The van der Waals surface area contributed by atoms with Gasteiger partial charge in [-0.3, -0.25) is 0 Å². The molecule has 0 aromatic carbocycles. The molecular formula is C7H13N3O2. The van der Waals surface area contributed by atoms with Gasteiger partial charge in [0.1, 0.15) is 0 Å². The summed E-state index contributed by atoms with van der Waals surface area (Å²) in [6, 6.07) is 0. The molecule has 1 heterocycles. The number of nitrogens with zero attached hydrogens (tertiary/aromatic N) is 2. The van der Waals surface area contributed by atoms with E-state index in [9.17, 15) is 0 Å². The average Bonchev–Trinajstić information content (AvgIpc) is 2.49.